The predicted octanol–water partition coefficient (Wildman–Crippen LogP) is -1.20. The van der Waals surface area contributed by atoms with Crippen molar-refractivity contribution in [2.75, 3.05) is 0 Å². The SMILES string of the molecule is O=[N+]([O-])[O-].O=[N+]([O-])[O-].O=[N+]([O-])[O-].O=[N+]([O-])[O-].O=[N+]([O-])[O-].[Ag+].[Cu+2].[Zn+2]. The predicted molar refractivity (Wildman–Crippen MR) is 51.8 cm³/mol. The van der Waals surface area contributed by atoms with E-state index in [9.17, 15) is 0 Å². The van der Waals surface area contributed by atoms with Gasteiger partial charge in [0.15, 0.2) is 0 Å². The van der Waals surface area contributed by atoms with Crippen LogP contribution in [0.5, 0.6) is 0 Å². The quantitative estimate of drug-likeness (QED) is 0.195. The molecule has 0 unspecified atom stereocenters. The second-order valence-corrected chi connectivity index (χ2v) is 1.12. The van der Waals surface area contributed by atoms with E-state index in [-0.39, 0.29) is 58.9 Å². The summed E-state index contributed by atoms with van der Waals surface area (Å²) >= 11 is 0. The molecule has 23 heavy (non-hydrogen) atoms. The van der Waals surface area contributed by atoms with Crippen molar-refractivity contribution in [3.05, 3.63) is 76.6 Å². The molecule has 0 atom stereocenters. The van der Waals surface area contributed by atoms with Crippen LogP contribution in [0, 0.1) is 76.6 Å². The minimum atomic E-state index is -1.75. The van der Waals surface area contributed by atoms with Gasteiger partial charge in [-0.2, -0.15) is 0 Å². The van der Waals surface area contributed by atoms with Crippen LogP contribution in [0.1, 0.15) is 0 Å². The van der Waals surface area contributed by atoms with Gasteiger partial charge in [0.25, 0.3) is 0 Å². The molecule has 0 aromatic rings. The third-order valence-corrected chi connectivity index (χ3v) is 0. The van der Waals surface area contributed by atoms with Crippen molar-refractivity contribution in [3.63, 3.8) is 0 Å². The van der Waals surface area contributed by atoms with Crippen LogP contribution in [0.2, 0.25) is 0 Å². The van der Waals surface area contributed by atoms with Crippen LogP contribution in [0.15, 0.2) is 0 Å². The Kier molecular flexibility index (Phi) is 92.4. The first kappa shape index (κ1) is 49.7. The van der Waals surface area contributed by atoms with E-state index in [1.165, 1.54) is 0 Å². The van der Waals surface area contributed by atoms with Crippen LogP contribution in [-0.4, -0.2) is 25.4 Å². The van der Waals surface area contributed by atoms with E-state index >= 15 is 0 Å². The zero-order chi connectivity index (χ0) is 17.9. The summed E-state index contributed by atoms with van der Waals surface area (Å²) in [6.07, 6.45) is 0. The van der Waals surface area contributed by atoms with Gasteiger partial charge in [-0.1, -0.05) is 0 Å². The molecule has 0 aliphatic heterocycles. The van der Waals surface area contributed by atoms with Gasteiger partial charge in [0.05, 0.1) is 25.4 Å². The monoisotopic (exact) mass is 544 g/mol. The van der Waals surface area contributed by atoms with Crippen LogP contribution in [0.4, 0.5) is 0 Å². The molecule has 23 heteroatoms. The summed E-state index contributed by atoms with van der Waals surface area (Å²) in [5.41, 5.74) is 0. The van der Waals surface area contributed by atoms with Gasteiger partial charge in [-0.15, -0.1) is 0 Å². The number of hydrogen-bond acceptors (Lipinski definition) is 15. The molecule has 0 spiro atoms. The molecule has 0 fully saturated rings. The summed E-state index contributed by atoms with van der Waals surface area (Å²) in [7, 11) is 0. The van der Waals surface area contributed by atoms with Crippen LogP contribution in [-0.2, 0) is 58.9 Å². The molecule has 20 nitrogen and oxygen atoms in total. The molecule has 0 heterocycles. The maximum atomic E-state index is 8.25. The van der Waals surface area contributed by atoms with Gasteiger partial charge in [-0.3, -0.25) is 0 Å². The van der Waals surface area contributed by atoms with E-state index in [1.807, 2.05) is 0 Å². The van der Waals surface area contributed by atoms with Crippen molar-refractivity contribution in [1.82, 2.24) is 0 Å². The fourth-order valence-corrected chi connectivity index (χ4v) is 0. The van der Waals surface area contributed by atoms with Crippen molar-refractivity contribution in [2.24, 2.45) is 0 Å². The summed E-state index contributed by atoms with van der Waals surface area (Å²) in [5, 5.41) is 73.8. The molecule has 0 aliphatic rings. The van der Waals surface area contributed by atoms with E-state index in [0.29, 0.717) is 0 Å². The minimum absolute atomic E-state index is 0. The molecule has 0 aromatic carbocycles. The Labute approximate surface area is 161 Å². The van der Waals surface area contributed by atoms with Crippen molar-refractivity contribution < 1.29 is 84.4 Å². The van der Waals surface area contributed by atoms with Crippen molar-refractivity contribution in [2.45, 2.75) is 0 Å². The van der Waals surface area contributed by atoms with Crippen LogP contribution < -0.4 is 0 Å². The number of nitrogens with zero attached hydrogens (tertiary/aromatic N) is 5. The molecule has 139 valence electrons. The summed E-state index contributed by atoms with van der Waals surface area (Å²) in [6.45, 7) is 0. The Hall–Kier alpha value is -2.12. The van der Waals surface area contributed by atoms with Gasteiger partial charge in [0.2, 0.25) is 0 Å². The fraction of sp³-hybridized carbons (Fsp3) is 0. The number of hydrogen-bond donors (Lipinski definition) is 0. The largest absolute Gasteiger partial charge is 2.00 e. The topological polar surface area (TPSA) is 331 Å². The average molecular weight is 547 g/mol. The van der Waals surface area contributed by atoms with Crippen molar-refractivity contribution in [1.29, 1.82) is 0 Å². The zero-order valence-electron chi connectivity index (χ0n) is 9.67. The molecule has 1 radical (unpaired) electrons. The van der Waals surface area contributed by atoms with Crippen LogP contribution >= 0.6 is 0 Å². The van der Waals surface area contributed by atoms with E-state index in [1.54, 1.807) is 0 Å². The van der Waals surface area contributed by atoms with Gasteiger partial charge in [-0.05, 0) is 0 Å². The molecule has 0 aliphatic carbocycles. The molecule has 0 rings (SSSR count). The standard InChI is InChI=1S/Ag.Cu.5NO3.Zn/c;;5*2-1(3)4;/q+1;+2;5*-1;+2. The normalized spacial score (nSPS) is 5.22. The zero-order valence-corrected chi connectivity index (χ0v) is 15.1. The number of rotatable bonds is 0. The smallest absolute Gasteiger partial charge is 0.356 e. The summed E-state index contributed by atoms with van der Waals surface area (Å²) in [6, 6.07) is 0. The van der Waals surface area contributed by atoms with Gasteiger partial charge < -0.3 is 76.6 Å². The van der Waals surface area contributed by atoms with E-state index in [4.69, 9.17) is 76.6 Å². The maximum Gasteiger partial charge on any atom is 2.00 e. The minimum Gasteiger partial charge on any atom is -0.356 e. The summed E-state index contributed by atoms with van der Waals surface area (Å²) in [4.78, 5) is 41.2. The van der Waals surface area contributed by atoms with Gasteiger partial charge >= 0.3 is 58.9 Å². The van der Waals surface area contributed by atoms with E-state index < -0.39 is 25.4 Å². The molecule has 0 amide bonds. The molecule has 0 bridgehead atoms. The van der Waals surface area contributed by atoms with Crippen molar-refractivity contribution >= 4 is 0 Å². The van der Waals surface area contributed by atoms with E-state index in [2.05, 4.69) is 0 Å². The molecular weight excluding hydrogens is 547 g/mol. The summed E-state index contributed by atoms with van der Waals surface area (Å²) in [5.74, 6) is 0. The van der Waals surface area contributed by atoms with Gasteiger partial charge in [0, 0.05) is 0 Å². The van der Waals surface area contributed by atoms with E-state index in [0.717, 1.165) is 0 Å². The Morgan fingerprint density at radius 3 is 0.391 bits per heavy atom. The first-order valence-electron chi connectivity index (χ1n) is 2.74. The van der Waals surface area contributed by atoms with Gasteiger partial charge in [-0.25, -0.2) is 0 Å². The van der Waals surface area contributed by atoms with Crippen molar-refractivity contribution in [3.8, 4) is 0 Å². The van der Waals surface area contributed by atoms with Crippen LogP contribution in [0.3, 0.4) is 0 Å². The Balaban J connectivity index is -0.0000000197. The molecule has 0 aromatic heterocycles. The molecule has 0 N–H and O–H groups in total. The second kappa shape index (κ2) is 42.7. The fourth-order valence-electron chi connectivity index (χ4n) is 0. The maximum absolute atomic E-state index is 8.25. The van der Waals surface area contributed by atoms with Crippen LogP contribution in [0.25, 0.3) is 0 Å². The second-order valence-electron chi connectivity index (χ2n) is 1.12. The first-order valence-corrected chi connectivity index (χ1v) is 2.74. The third kappa shape index (κ3) is 1420. The summed E-state index contributed by atoms with van der Waals surface area (Å²) < 4.78 is 0. The molecular formula is AgCuN5O15Zn. The Morgan fingerprint density at radius 1 is 0.391 bits per heavy atom. The third-order valence-electron chi connectivity index (χ3n) is 0. The Bertz CT molecular complexity index is 219. The molecule has 0 saturated heterocycles. The first-order chi connectivity index (χ1) is 8.66. The average Bonchev–Trinajstić information content (AvgIpc) is 1.94. The Morgan fingerprint density at radius 2 is 0.391 bits per heavy atom. The van der Waals surface area contributed by atoms with Gasteiger partial charge in [0.1, 0.15) is 0 Å². The molecule has 0 saturated carbocycles.